The third-order valence-electron chi connectivity index (χ3n) is 5.20. The molecule has 2 aliphatic rings. The van der Waals surface area contributed by atoms with E-state index in [0.717, 1.165) is 31.4 Å². The van der Waals surface area contributed by atoms with Crippen molar-refractivity contribution in [1.29, 1.82) is 0 Å². The number of hydrogen-bond acceptors (Lipinski definition) is 3. The lowest BCUT2D eigenvalue weighted by atomic mass is 9.94. The zero-order chi connectivity index (χ0) is 17.9. The van der Waals surface area contributed by atoms with Crippen molar-refractivity contribution < 1.29 is 13.2 Å². The number of nitrogens with zero attached hydrogens (tertiary/aromatic N) is 1. The number of carbonyl (C=O) groups excluding carboxylic acids is 1. The second kappa shape index (κ2) is 7.87. The standard InChI is InChI=1S/C19H28N2O3S/c1-15-4-9-18(10-5-15)25(23,24)21-12-2-3-17(14-21)8-11-19(22)20-13-16-6-7-16/h4-5,9-10,16-17H,2-3,6-8,11-14H2,1H3,(H,20,22). The molecule has 0 spiro atoms. The normalized spacial score (nSPS) is 21.9. The molecule has 5 nitrogen and oxygen atoms in total. The molecule has 1 aliphatic carbocycles. The predicted molar refractivity (Wildman–Crippen MR) is 97.6 cm³/mol. The monoisotopic (exact) mass is 364 g/mol. The van der Waals surface area contributed by atoms with Gasteiger partial charge in [-0.2, -0.15) is 4.31 Å². The Morgan fingerprint density at radius 2 is 1.88 bits per heavy atom. The van der Waals surface area contributed by atoms with Gasteiger partial charge < -0.3 is 5.32 Å². The van der Waals surface area contributed by atoms with Crippen molar-refractivity contribution in [2.45, 2.75) is 50.3 Å². The molecule has 1 unspecified atom stereocenters. The number of sulfonamides is 1. The molecular formula is C19H28N2O3S. The Morgan fingerprint density at radius 1 is 1.16 bits per heavy atom. The molecule has 6 heteroatoms. The Morgan fingerprint density at radius 3 is 2.56 bits per heavy atom. The van der Waals surface area contributed by atoms with E-state index < -0.39 is 10.0 Å². The van der Waals surface area contributed by atoms with Crippen molar-refractivity contribution >= 4 is 15.9 Å². The van der Waals surface area contributed by atoms with E-state index in [2.05, 4.69) is 5.32 Å². The number of carbonyl (C=O) groups is 1. The molecule has 25 heavy (non-hydrogen) atoms. The first-order valence-corrected chi connectivity index (χ1v) is 10.7. The van der Waals surface area contributed by atoms with Crippen LogP contribution in [0.5, 0.6) is 0 Å². The topological polar surface area (TPSA) is 66.5 Å². The summed E-state index contributed by atoms with van der Waals surface area (Å²) in [4.78, 5) is 12.3. The minimum atomic E-state index is -3.43. The molecule has 0 radical (unpaired) electrons. The quantitative estimate of drug-likeness (QED) is 0.809. The van der Waals surface area contributed by atoms with Crippen molar-refractivity contribution in [3.05, 3.63) is 29.8 Å². The van der Waals surface area contributed by atoms with Gasteiger partial charge in [-0.3, -0.25) is 4.79 Å². The number of nitrogens with one attached hydrogen (secondary N) is 1. The molecule has 1 heterocycles. The highest BCUT2D eigenvalue weighted by molar-refractivity contribution is 7.89. The SMILES string of the molecule is Cc1ccc(S(=O)(=O)N2CCCC(CCC(=O)NCC3CC3)C2)cc1. The van der Waals surface area contributed by atoms with Gasteiger partial charge >= 0.3 is 0 Å². The summed E-state index contributed by atoms with van der Waals surface area (Å²) >= 11 is 0. The van der Waals surface area contributed by atoms with Crippen LogP contribution in [0.2, 0.25) is 0 Å². The highest BCUT2D eigenvalue weighted by atomic mass is 32.2. The van der Waals surface area contributed by atoms with E-state index in [-0.39, 0.29) is 11.8 Å². The van der Waals surface area contributed by atoms with E-state index in [4.69, 9.17) is 0 Å². The third-order valence-corrected chi connectivity index (χ3v) is 7.08. The smallest absolute Gasteiger partial charge is 0.243 e. The third kappa shape index (κ3) is 5.05. The number of rotatable bonds is 7. The van der Waals surface area contributed by atoms with Crippen molar-refractivity contribution in [2.24, 2.45) is 11.8 Å². The van der Waals surface area contributed by atoms with E-state index in [1.165, 1.54) is 12.8 Å². The number of benzene rings is 1. The maximum atomic E-state index is 12.8. The molecule has 1 saturated heterocycles. The van der Waals surface area contributed by atoms with Gasteiger partial charge in [-0.05, 0) is 63.0 Å². The molecule has 1 N–H and O–H groups in total. The van der Waals surface area contributed by atoms with Crippen molar-refractivity contribution in [3.8, 4) is 0 Å². The Labute approximate surface area is 150 Å². The Hall–Kier alpha value is -1.40. The van der Waals surface area contributed by atoms with Crippen LogP contribution in [0.15, 0.2) is 29.2 Å². The van der Waals surface area contributed by atoms with E-state index in [0.29, 0.717) is 30.3 Å². The molecular weight excluding hydrogens is 336 g/mol. The maximum Gasteiger partial charge on any atom is 0.243 e. The van der Waals surface area contributed by atoms with Crippen LogP contribution in [-0.4, -0.2) is 38.3 Å². The Bertz CT molecular complexity index is 696. The molecule has 138 valence electrons. The first-order valence-electron chi connectivity index (χ1n) is 9.28. The Balaban J connectivity index is 1.53. The van der Waals surface area contributed by atoms with E-state index in [9.17, 15) is 13.2 Å². The summed E-state index contributed by atoms with van der Waals surface area (Å²) in [5, 5.41) is 2.99. The number of piperidine rings is 1. The fourth-order valence-electron chi connectivity index (χ4n) is 3.34. The van der Waals surface area contributed by atoms with Crippen LogP contribution in [-0.2, 0) is 14.8 Å². The highest BCUT2D eigenvalue weighted by Crippen LogP contribution is 2.28. The van der Waals surface area contributed by atoms with Crippen LogP contribution >= 0.6 is 0 Å². The predicted octanol–water partition coefficient (Wildman–Crippen LogP) is 2.70. The first-order chi connectivity index (χ1) is 11.9. The van der Waals surface area contributed by atoms with Gasteiger partial charge in [-0.25, -0.2) is 8.42 Å². The summed E-state index contributed by atoms with van der Waals surface area (Å²) in [6, 6.07) is 7.02. The van der Waals surface area contributed by atoms with Crippen molar-refractivity contribution in [2.75, 3.05) is 19.6 Å². The van der Waals surface area contributed by atoms with Gasteiger partial charge in [-0.1, -0.05) is 17.7 Å². The summed E-state index contributed by atoms with van der Waals surface area (Å²) in [5.41, 5.74) is 1.05. The molecule has 1 aliphatic heterocycles. The summed E-state index contributed by atoms with van der Waals surface area (Å²) in [6.07, 6.45) is 5.57. The first kappa shape index (κ1) is 18.4. The van der Waals surface area contributed by atoms with E-state index in [1.54, 1.807) is 16.4 Å². The van der Waals surface area contributed by atoms with E-state index >= 15 is 0 Å². The minimum absolute atomic E-state index is 0.102. The second-order valence-corrected chi connectivity index (χ2v) is 9.41. The van der Waals surface area contributed by atoms with Crippen molar-refractivity contribution in [3.63, 3.8) is 0 Å². The van der Waals surface area contributed by atoms with Crippen LogP contribution in [0.3, 0.4) is 0 Å². The van der Waals surface area contributed by atoms with Gasteiger partial charge in [0.2, 0.25) is 15.9 Å². The average molecular weight is 365 g/mol. The highest BCUT2D eigenvalue weighted by Gasteiger charge is 2.30. The summed E-state index contributed by atoms with van der Waals surface area (Å²) in [7, 11) is -3.43. The molecule has 1 aromatic carbocycles. The molecule has 3 rings (SSSR count). The van der Waals surface area contributed by atoms with Gasteiger partial charge in [0.15, 0.2) is 0 Å². The van der Waals surface area contributed by atoms with Gasteiger partial charge in [-0.15, -0.1) is 0 Å². The number of hydrogen-bond donors (Lipinski definition) is 1. The molecule has 1 atom stereocenters. The van der Waals surface area contributed by atoms with Crippen LogP contribution in [0, 0.1) is 18.8 Å². The van der Waals surface area contributed by atoms with Crippen LogP contribution in [0.1, 0.15) is 44.1 Å². The van der Waals surface area contributed by atoms with Crippen LogP contribution in [0.4, 0.5) is 0 Å². The van der Waals surface area contributed by atoms with Gasteiger partial charge in [0.25, 0.3) is 0 Å². The largest absolute Gasteiger partial charge is 0.356 e. The molecule has 1 saturated carbocycles. The zero-order valence-corrected chi connectivity index (χ0v) is 15.7. The molecule has 2 fully saturated rings. The van der Waals surface area contributed by atoms with E-state index in [1.807, 2.05) is 19.1 Å². The van der Waals surface area contributed by atoms with Crippen LogP contribution in [0.25, 0.3) is 0 Å². The molecule has 1 amide bonds. The zero-order valence-electron chi connectivity index (χ0n) is 14.9. The lowest BCUT2D eigenvalue weighted by molar-refractivity contribution is -0.121. The number of amides is 1. The van der Waals surface area contributed by atoms with Gasteiger partial charge in [0.1, 0.15) is 0 Å². The maximum absolute atomic E-state index is 12.8. The summed E-state index contributed by atoms with van der Waals surface area (Å²) in [5.74, 6) is 1.06. The molecule has 1 aromatic rings. The van der Waals surface area contributed by atoms with Gasteiger partial charge in [0.05, 0.1) is 4.90 Å². The number of aryl methyl sites for hydroxylation is 1. The van der Waals surface area contributed by atoms with Gasteiger partial charge in [0, 0.05) is 26.1 Å². The minimum Gasteiger partial charge on any atom is -0.356 e. The Kier molecular flexibility index (Phi) is 5.79. The molecule has 0 bridgehead atoms. The van der Waals surface area contributed by atoms with Crippen LogP contribution < -0.4 is 5.32 Å². The summed E-state index contributed by atoms with van der Waals surface area (Å²) in [6.45, 7) is 3.84. The second-order valence-electron chi connectivity index (χ2n) is 7.47. The molecule has 0 aromatic heterocycles. The average Bonchev–Trinajstić information content (AvgIpc) is 3.43. The fourth-order valence-corrected chi connectivity index (χ4v) is 4.90. The fraction of sp³-hybridized carbons (Fsp3) is 0.632. The lowest BCUT2D eigenvalue weighted by Gasteiger charge is -2.32. The lowest BCUT2D eigenvalue weighted by Crippen LogP contribution is -2.40. The summed E-state index contributed by atoms with van der Waals surface area (Å²) < 4.78 is 27.2. The van der Waals surface area contributed by atoms with Crippen molar-refractivity contribution in [1.82, 2.24) is 9.62 Å².